The molecule has 0 fully saturated rings. The van der Waals surface area contributed by atoms with Gasteiger partial charge in [-0.2, -0.15) is 0 Å². The fourth-order valence-corrected chi connectivity index (χ4v) is 12.4. The maximum atomic E-state index is 2.51. The van der Waals surface area contributed by atoms with Crippen molar-refractivity contribution in [3.63, 3.8) is 0 Å². The lowest BCUT2D eigenvalue weighted by Gasteiger charge is -2.40. The maximum absolute atomic E-state index is 2.51. The summed E-state index contributed by atoms with van der Waals surface area (Å²) in [5, 5.41) is 2.54. The summed E-state index contributed by atoms with van der Waals surface area (Å²) in [5.41, 5.74) is 25.0. The van der Waals surface area contributed by atoms with Crippen molar-refractivity contribution in [3.05, 3.63) is 294 Å². The topological polar surface area (TPSA) is 3.24 Å². The van der Waals surface area contributed by atoms with E-state index in [1.165, 1.54) is 105 Å². The van der Waals surface area contributed by atoms with Crippen LogP contribution < -0.4 is 4.90 Å². The van der Waals surface area contributed by atoms with Gasteiger partial charge >= 0.3 is 0 Å². The van der Waals surface area contributed by atoms with Gasteiger partial charge in [0.15, 0.2) is 0 Å². The van der Waals surface area contributed by atoms with E-state index in [9.17, 15) is 0 Å². The Kier molecular flexibility index (Phi) is 8.33. The van der Waals surface area contributed by atoms with Crippen LogP contribution in [0.3, 0.4) is 0 Å². The second-order valence-electron chi connectivity index (χ2n) is 18.2. The number of para-hydroxylation sites is 1. The summed E-state index contributed by atoms with van der Waals surface area (Å²) in [7, 11) is 0. The zero-order valence-electron chi connectivity index (χ0n) is 36.8. The van der Waals surface area contributed by atoms with E-state index in [2.05, 4.69) is 260 Å². The van der Waals surface area contributed by atoms with Crippen LogP contribution in [-0.2, 0) is 5.41 Å². The van der Waals surface area contributed by atoms with Crippen LogP contribution in [0.25, 0.3) is 66.4 Å². The molecule has 0 radical (unpaired) electrons. The van der Waals surface area contributed by atoms with Crippen LogP contribution in [0, 0.1) is 0 Å². The van der Waals surface area contributed by atoms with Gasteiger partial charge < -0.3 is 4.90 Å². The van der Waals surface area contributed by atoms with Crippen LogP contribution in [0.15, 0.2) is 255 Å². The number of fused-ring (bicyclic) bond motifs is 12. The molecule has 0 saturated carbocycles. The number of benzene rings is 11. The summed E-state index contributed by atoms with van der Waals surface area (Å²) in [4.78, 5) is 2.51. The minimum Gasteiger partial charge on any atom is -0.310 e. The molecule has 11 aromatic rings. The largest absolute Gasteiger partial charge is 0.310 e. The van der Waals surface area contributed by atoms with Crippen molar-refractivity contribution in [2.45, 2.75) is 11.3 Å². The first-order valence-corrected chi connectivity index (χ1v) is 23.5. The Balaban J connectivity index is 1.03. The predicted molar refractivity (Wildman–Crippen MR) is 279 cm³/mol. The molecule has 1 spiro atoms. The van der Waals surface area contributed by atoms with Crippen molar-refractivity contribution >= 4 is 27.8 Å². The third-order valence-corrected chi connectivity index (χ3v) is 15.0. The first kappa shape index (κ1) is 37.8. The minimum atomic E-state index is -0.471. The fourth-order valence-electron chi connectivity index (χ4n) is 12.4. The van der Waals surface area contributed by atoms with Gasteiger partial charge in [-0.1, -0.05) is 224 Å². The van der Waals surface area contributed by atoms with Gasteiger partial charge in [-0.3, -0.25) is 0 Å². The smallest absolute Gasteiger partial charge is 0.0725 e. The lowest BCUT2D eigenvalue weighted by molar-refractivity contribution is 0.773. The summed E-state index contributed by atoms with van der Waals surface area (Å²) in [6, 6.07) is 95.2. The molecule has 0 aromatic heterocycles. The standard InChI is InChI=1S/C66H43N/c1-4-20-43(21-5-1)47-31-18-32-48(44-22-6-2-7-23-44)64(47)65-54-30-11-10-26-49(54)50-39-38-46(42-57(50)65)67(45-24-8-3-9-25-45)62-41-40-55-53-29-14-17-36-60(53)66(61-37-19-33-56(62)63(55)61)58-34-15-12-27-51(58)52-28-13-16-35-59(52)66/h1-42,65H. The summed E-state index contributed by atoms with van der Waals surface area (Å²) < 4.78 is 0. The molecule has 312 valence electrons. The van der Waals surface area contributed by atoms with Gasteiger partial charge in [-0.25, -0.2) is 0 Å². The van der Waals surface area contributed by atoms with Gasteiger partial charge in [0, 0.05) is 22.7 Å². The molecule has 0 heterocycles. The van der Waals surface area contributed by atoms with Crippen LogP contribution in [0.2, 0.25) is 0 Å². The average Bonchev–Trinajstić information content (AvgIpc) is 3.89. The van der Waals surface area contributed by atoms with Gasteiger partial charge in [-0.15, -0.1) is 0 Å². The molecule has 0 bridgehead atoms. The molecule has 11 aromatic carbocycles. The highest BCUT2D eigenvalue weighted by Crippen LogP contribution is 2.63. The molecule has 1 nitrogen and oxygen atoms in total. The van der Waals surface area contributed by atoms with E-state index in [0.29, 0.717) is 0 Å². The van der Waals surface area contributed by atoms with Crippen molar-refractivity contribution in [2.75, 3.05) is 4.90 Å². The van der Waals surface area contributed by atoms with Gasteiger partial charge in [0.25, 0.3) is 0 Å². The quantitative estimate of drug-likeness (QED) is 0.161. The number of rotatable bonds is 6. The molecule has 3 aliphatic rings. The predicted octanol–water partition coefficient (Wildman–Crippen LogP) is 17.1. The molecule has 3 aliphatic carbocycles. The first-order valence-electron chi connectivity index (χ1n) is 23.5. The van der Waals surface area contributed by atoms with Crippen molar-refractivity contribution in [2.24, 2.45) is 0 Å². The van der Waals surface area contributed by atoms with E-state index >= 15 is 0 Å². The molecule has 0 amide bonds. The number of nitrogens with zero attached hydrogens (tertiary/aromatic N) is 1. The van der Waals surface area contributed by atoms with Crippen LogP contribution >= 0.6 is 0 Å². The molecular weight excluding hydrogens is 807 g/mol. The van der Waals surface area contributed by atoms with Gasteiger partial charge in [-0.05, 0) is 130 Å². The van der Waals surface area contributed by atoms with Gasteiger partial charge in [0.1, 0.15) is 0 Å². The van der Waals surface area contributed by atoms with Crippen molar-refractivity contribution in [3.8, 4) is 55.6 Å². The average molecular weight is 850 g/mol. The molecule has 0 saturated heterocycles. The molecule has 0 aliphatic heterocycles. The molecular formula is C66H43N. The Hall–Kier alpha value is -8.52. The minimum absolute atomic E-state index is 0.00873. The van der Waals surface area contributed by atoms with Crippen molar-refractivity contribution in [1.82, 2.24) is 0 Å². The Bertz CT molecular complexity index is 3650. The highest BCUT2D eigenvalue weighted by atomic mass is 15.1. The van der Waals surface area contributed by atoms with Crippen LogP contribution in [-0.4, -0.2) is 0 Å². The van der Waals surface area contributed by atoms with E-state index in [-0.39, 0.29) is 5.92 Å². The third kappa shape index (κ3) is 5.37. The SMILES string of the molecule is c1ccc(-c2cccc(-c3ccccc3)c2C2c3ccccc3-c3ccc(N(c4ccccc4)c4ccc5c6c(cccc46)C4(c6ccccc6-c6ccccc64)c4ccccc4-5)cc32)cc1. The van der Waals surface area contributed by atoms with E-state index in [0.717, 1.165) is 17.1 Å². The first-order chi connectivity index (χ1) is 33.3. The third-order valence-electron chi connectivity index (χ3n) is 15.0. The summed E-state index contributed by atoms with van der Waals surface area (Å²) in [6.45, 7) is 0. The van der Waals surface area contributed by atoms with Gasteiger partial charge in [0.2, 0.25) is 0 Å². The van der Waals surface area contributed by atoms with E-state index in [4.69, 9.17) is 0 Å². The molecule has 0 N–H and O–H groups in total. The van der Waals surface area contributed by atoms with Crippen LogP contribution in [0.4, 0.5) is 17.1 Å². The van der Waals surface area contributed by atoms with Crippen LogP contribution in [0.5, 0.6) is 0 Å². The monoisotopic (exact) mass is 849 g/mol. The zero-order valence-corrected chi connectivity index (χ0v) is 36.8. The normalized spacial score (nSPS) is 14.2. The lowest BCUT2D eigenvalue weighted by Crippen LogP contribution is -2.31. The van der Waals surface area contributed by atoms with Crippen molar-refractivity contribution < 1.29 is 0 Å². The van der Waals surface area contributed by atoms with Crippen LogP contribution in [0.1, 0.15) is 44.9 Å². The summed E-state index contributed by atoms with van der Waals surface area (Å²) in [6.07, 6.45) is 0. The fraction of sp³-hybridized carbons (Fsp3) is 0.0303. The summed E-state index contributed by atoms with van der Waals surface area (Å²) in [5.74, 6) is -0.00873. The van der Waals surface area contributed by atoms with Gasteiger partial charge in [0.05, 0.1) is 11.1 Å². The Morgan fingerprint density at radius 2 is 0.761 bits per heavy atom. The molecule has 14 rings (SSSR count). The highest BCUT2D eigenvalue weighted by molar-refractivity contribution is 6.12. The second kappa shape index (κ2) is 14.8. The number of hydrogen-bond acceptors (Lipinski definition) is 1. The Labute approximate surface area is 391 Å². The Morgan fingerprint density at radius 3 is 1.39 bits per heavy atom. The maximum Gasteiger partial charge on any atom is 0.0725 e. The van der Waals surface area contributed by atoms with E-state index in [1.807, 2.05) is 0 Å². The zero-order chi connectivity index (χ0) is 44.1. The highest BCUT2D eigenvalue weighted by Gasteiger charge is 2.50. The molecule has 1 unspecified atom stereocenters. The van der Waals surface area contributed by atoms with E-state index < -0.39 is 5.41 Å². The second-order valence-corrected chi connectivity index (χ2v) is 18.2. The van der Waals surface area contributed by atoms with Crippen molar-refractivity contribution in [1.29, 1.82) is 0 Å². The number of anilines is 3. The number of hydrogen-bond donors (Lipinski definition) is 0. The summed E-state index contributed by atoms with van der Waals surface area (Å²) >= 11 is 0. The molecule has 67 heavy (non-hydrogen) atoms. The Morgan fingerprint density at radius 1 is 0.299 bits per heavy atom. The molecule has 1 atom stereocenters. The van der Waals surface area contributed by atoms with E-state index in [1.54, 1.807) is 0 Å². The lowest BCUT2D eigenvalue weighted by atomic mass is 9.61. The molecule has 1 heteroatoms.